The van der Waals surface area contributed by atoms with Gasteiger partial charge in [0.05, 0.1) is 12.1 Å². The molecule has 3 atom stereocenters. The van der Waals surface area contributed by atoms with Gasteiger partial charge in [-0.1, -0.05) is 24.3 Å². The molecule has 7 heteroatoms. The summed E-state index contributed by atoms with van der Waals surface area (Å²) in [5.41, 5.74) is 2.43. The predicted octanol–water partition coefficient (Wildman–Crippen LogP) is 1.23. The lowest BCUT2D eigenvalue weighted by Gasteiger charge is -2.27. The van der Waals surface area contributed by atoms with Crippen LogP contribution < -0.4 is 16.0 Å². The molecule has 148 valence electrons. The van der Waals surface area contributed by atoms with Gasteiger partial charge in [0.1, 0.15) is 6.04 Å². The number of nitrogens with one attached hydrogen (secondary N) is 3. The maximum atomic E-state index is 12.8. The normalized spacial score (nSPS) is 22.7. The van der Waals surface area contributed by atoms with Crippen molar-refractivity contribution in [2.45, 2.75) is 50.4 Å². The highest BCUT2D eigenvalue weighted by Crippen LogP contribution is 2.16. The third-order valence-corrected chi connectivity index (χ3v) is 5.81. The fraction of sp³-hybridized carbons (Fsp3) is 0.600. The van der Waals surface area contributed by atoms with Crippen molar-refractivity contribution in [1.82, 2.24) is 16.0 Å². The highest BCUT2D eigenvalue weighted by molar-refractivity contribution is 7.98. The molecule has 2 heterocycles. The van der Waals surface area contributed by atoms with Gasteiger partial charge >= 0.3 is 0 Å². The molecule has 3 unspecified atom stereocenters. The smallest absolute Gasteiger partial charge is 0.242 e. The zero-order chi connectivity index (χ0) is 19.1. The van der Waals surface area contributed by atoms with E-state index in [0.717, 1.165) is 25.2 Å². The van der Waals surface area contributed by atoms with Crippen LogP contribution in [-0.4, -0.2) is 55.2 Å². The number of benzene rings is 1. The number of rotatable bonds is 8. The van der Waals surface area contributed by atoms with Crippen molar-refractivity contribution >= 4 is 23.6 Å². The monoisotopic (exact) mass is 391 g/mol. The Hall–Kier alpha value is -1.57. The number of hydrogen-bond donors (Lipinski definition) is 3. The van der Waals surface area contributed by atoms with E-state index in [1.54, 1.807) is 11.8 Å². The summed E-state index contributed by atoms with van der Waals surface area (Å²) in [6.45, 7) is 1.95. The maximum Gasteiger partial charge on any atom is 0.242 e. The highest BCUT2D eigenvalue weighted by atomic mass is 32.2. The first-order valence-corrected chi connectivity index (χ1v) is 11.1. The van der Waals surface area contributed by atoms with E-state index < -0.39 is 6.04 Å². The molecule has 2 aliphatic rings. The lowest BCUT2D eigenvalue weighted by atomic mass is 9.95. The third kappa shape index (κ3) is 5.70. The standard InChI is InChI=1S/C20H29N3O3S/c1-27-10-8-17(19(24)22-13-16-7-4-9-26-16)23-20(25)18-11-14-5-2-3-6-15(14)12-21-18/h2-3,5-6,16-18,21H,4,7-13H2,1H3,(H,22,24)(H,23,25). The number of hydrogen-bond acceptors (Lipinski definition) is 5. The lowest BCUT2D eigenvalue weighted by Crippen LogP contribution is -2.55. The zero-order valence-electron chi connectivity index (χ0n) is 15.8. The summed E-state index contributed by atoms with van der Waals surface area (Å²) in [6.07, 6.45) is 5.39. The molecule has 2 amide bonds. The van der Waals surface area contributed by atoms with Crippen molar-refractivity contribution in [3.63, 3.8) is 0 Å². The van der Waals surface area contributed by atoms with Gasteiger partial charge in [0.15, 0.2) is 0 Å². The molecule has 1 saturated heterocycles. The number of fused-ring (bicyclic) bond motifs is 1. The minimum Gasteiger partial charge on any atom is -0.376 e. The molecule has 3 N–H and O–H groups in total. The summed E-state index contributed by atoms with van der Waals surface area (Å²) in [6, 6.07) is 7.34. The van der Waals surface area contributed by atoms with Crippen LogP contribution in [0.4, 0.5) is 0 Å². The number of carbonyl (C=O) groups excluding carboxylic acids is 2. The molecule has 27 heavy (non-hydrogen) atoms. The van der Waals surface area contributed by atoms with Gasteiger partial charge in [0, 0.05) is 19.7 Å². The van der Waals surface area contributed by atoms with Crippen molar-refractivity contribution in [3.8, 4) is 0 Å². The first kappa shape index (κ1) is 20.2. The molecule has 0 radical (unpaired) electrons. The summed E-state index contributed by atoms with van der Waals surface area (Å²) in [5.74, 6) is 0.589. The Kier molecular flexibility index (Phi) is 7.55. The van der Waals surface area contributed by atoms with Gasteiger partial charge in [0.2, 0.25) is 11.8 Å². The minimum atomic E-state index is -0.509. The van der Waals surface area contributed by atoms with Crippen LogP contribution >= 0.6 is 11.8 Å². The summed E-state index contributed by atoms with van der Waals surface area (Å²) in [5, 5.41) is 9.19. The van der Waals surface area contributed by atoms with Crippen LogP contribution in [-0.2, 0) is 27.3 Å². The molecule has 0 bridgehead atoms. The van der Waals surface area contributed by atoms with E-state index in [9.17, 15) is 9.59 Å². The van der Waals surface area contributed by atoms with E-state index in [2.05, 4.69) is 28.1 Å². The van der Waals surface area contributed by atoms with Crippen molar-refractivity contribution < 1.29 is 14.3 Å². The molecule has 6 nitrogen and oxygen atoms in total. The van der Waals surface area contributed by atoms with E-state index in [-0.39, 0.29) is 24.0 Å². The van der Waals surface area contributed by atoms with E-state index >= 15 is 0 Å². The van der Waals surface area contributed by atoms with Crippen LogP contribution in [0.1, 0.15) is 30.4 Å². The number of amides is 2. The number of carbonyl (C=O) groups is 2. The summed E-state index contributed by atoms with van der Waals surface area (Å²) in [4.78, 5) is 25.4. The molecule has 0 aliphatic carbocycles. The Morgan fingerprint density at radius 2 is 2.15 bits per heavy atom. The van der Waals surface area contributed by atoms with E-state index in [4.69, 9.17) is 4.74 Å². The molecular formula is C20H29N3O3S. The van der Waals surface area contributed by atoms with Crippen molar-refractivity contribution in [3.05, 3.63) is 35.4 Å². The van der Waals surface area contributed by atoms with Crippen LogP contribution in [0.5, 0.6) is 0 Å². The van der Waals surface area contributed by atoms with Gasteiger partial charge in [-0.3, -0.25) is 9.59 Å². The molecule has 0 spiro atoms. The van der Waals surface area contributed by atoms with Crippen molar-refractivity contribution in [2.24, 2.45) is 0 Å². The fourth-order valence-electron chi connectivity index (χ4n) is 3.56. The largest absolute Gasteiger partial charge is 0.376 e. The molecule has 1 aromatic carbocycles. The second-order valence-electron chi connectivity index (χ2n) is 7.13. The zero-order valence-corrected chi connectivity index (χ0v) is 16.6. The topological polar surface area (TPSA) is 79.5 Å². The second-order valence-corrected chi connectivity index (χ2v) is 8.11. The quantitative estimate of drug-likeness (QED) is 0.621. The molecule has 0 aromatic heterocycles. The Morgan fingerprint density at radius 1 is 1.33 bits per heavy atom. The van der Waals surface area contributed by atoms with Crippen LogP contribution in [0.25, 0.3) is 0 Å². The molecule has 0 saturated carbocycles. The lowest BCUT2D eigenvalue weighted by molar-refractivity contribution is -0.130. The summed E-state index contributed by atoms with van der Waals surface area (Å²) >= 11 is 1.67. The Bertz CT molecular complexity index is 649. The predicted molar refractivity (Wildman–Crippen MR) is 108 cm³/mol. The van der Waals surface area contributed by atoms with Gasteiger partial charge in [-0.05, 0) is 48.8 Å². The Balaban J connectivity index is 1.54. The first-order chi connectivity index (χ1) is 13.2. The molecule has 1 aromatic rings. The van der Waals surface area contributed by atoms with Crippen LogP contribution in [0.3, 0.4) is 0 Å². The van der Waals surface area contributed by atoms with E-state index in [0.29, 0.717) is 25.9 Å². The van der Waals surface area contributed by atoms with Crippen LogP contribution in [0, 0.1) is 0 Å². The average Bonchev–Trinajstić information content (AvgIpc) is 3.22. The van der Waals surface area contributed by atoms with Gasteiger partial charge in [-0.25, -0.2) is 0 Å². The van der Waals surface area contributed by atoms with Gasteiger partial charge in [-0.15, -0.1) is 0 Å². The fourth-order valence-corrected chi connectivity index (χ4v) is 4.03. The van der Waals surface area contributed by atoms with Crippen molar-refractivity contribution in [1.29, 1.82) is 0 Å². The van der Waals surface area contributed by atoms with Crippen LogP contribution in [0.15, 0.2) is 24.3 Å². The first-order valence-electron chi connectivity index (χ1n) is 9.66. The number of thioether (sulfide) groups is 1. The van der Waals surface area contributed by atoms with Gasteiger partial charge in [0.25, 0.3) is 0 Å². The Morgan fingerprint density at radius 3 is 2.89 bits per heavy atom. The highest BCUT2D eigenvalue weighted by Gasteiger charge is 2.28. The maximum absolute atomic E-state index is 12.8. The molecular weight excluding hydrogens is 362 g/mol. The average molecular weight is 392 g/mol. The summed E-state index contributed by atoms with van der Waals surface area (Å²) < 4.78 is 5.56. The van der Waals surface area contributed by atoms with Crippen LogP contribution in [0.2, 0.25) is 0 Å². The molecule has 1 fully saturated rings. The number of ether oxygens (including phenoxy) is 1. The Labute approximate surface area is 165 Å². The van der Waals surface area contributed by atoms with Crippen molar-refractivity contribution in [2.75, 3.05) is 25.2 Å². The second kappa shape index (κ2) is 10.1. The van der Waals surface area contributed by atoms with E-state index in [1.165, 1.54) is 11.1 Å². The molecule has 3 rings (SSSR count). The molecule has 2 aliphatic heterocycles. The third-order valence-electron chi connectivity index (χ3n) is 5.17. The van der Waals surface area contributed by atoms with Gasteiger partial charge < -0.3 is 20.7 Å². The minimum absolute atomic E-state index is 0.0994. The van der Waals surface area contributed by atoms with E-state index in [1.807, 2.05) is 18.4 Å². The summed E-state index contributed by atoms with van der Waals surface area (Å²) in [7, 11) is 0. The SMILES string of the molecule is CSCCC(NC(=O)C1Cc2ccccc2CN1)C(=O)NCC1CCCO1. The van der Waals surface area contributed by atoms with Gasteiger partial charge in [-0.2, -0.15) is 11.8 Å².